The van der Waals surface area contributed by atoms with Crippen molar-refractivity contribution in [3.63, 3.8) is 0 Å². The molecule has 3 fully saturated rings. The zero-order valence-electron chi connectivity index (χ0n) is 19.7. The molecular weight excluding hydrogens is 330 g/mol. The Bertz CT molecular complexity index is 325. The summed E-state index contributed by atoms with van der Waals surface area (Å²) in [6.07, 6.45) is 8.57. The lowest BCUT2D eigenvalue weighted by Crippen LogP contribution is -2.39. The maximum atomic E-state index is 2.59. The highest BCUT2D eigenvalue weighted by Gasteiger charge is 2.13. The molecule has 0 N–H and O–H groups in total. The van der Waals surface area contributed by atoms with Crippen molar-refractivity contribution in [3.8, 4) is 0 Å². The summed E-state index contributed by atoms with van der Waals surface area (Å²) >= 11 is 0. The van der Waals surface area contributed by atoms with E-state index in [1.54, 1.807) is 0 Å². The number of rotatable bonds is 6. The third kappa shape index (κ3) is 13.7. The molecule has 0 aromatic heterocycles. The minimum atomic E-state index is 0.845. The van der Waals surface area contributed by atoms with Gasteiger partial charge in [-0.1, -0.05) is 48.0 Å². The van der Waals surface area contributed by atoms with Crippen LogP contribution in [0.25, 0.3) is 0 Å². The van der Waals surface area contributed by atoms with Crippen LogP contribution in [0, 0.1) is 17.8 Å². The molecule has 0 aromatic carbocycles. The van der Waals surface area contributed by atoms with Crippen molar-refractivity contribution in [1.82, 2.24) is 14.7 Å². The van der Waals surface area contributed by atoms with E-state index in [-0.39, 0.29) is 0 Å². The zero-order valence-corrected chi connectivity index (χ0v) is 19.7. The highest BCUT2D eigenvalue weighted by atomic mass is 15.2. The molecule has 0 amide bonds. The van der Waals surface area contributed by atoms with Crippen molar-refractivity contribution < 1.29 is 0 Å². The molecule has 3 rings (SSSR count). The van der Waals surface area contributed by atoms with Gasteiger partial charge in [-0.2, -0.15) is 0 Å². The maximum absolute atomic E-state index is 2.59. The second kappa shape index (κ2) is 14.8. The number of nitrogens with zero attached hydrogens (tertiary/aromatic N) is 3. The van der Waals surface area contributed by atoms with E-state index < -0.39 is 0 Å². The van der Waals surface area contributed by atoms with Crippen LogP contribution in [0.1, 0.15) is 80.1 Å². The molecule has 27 heavy (non-hydrogen) atoms. The van der Waals surface area contributed by atoms with E-state index in [1.807, 2.05) is 0 Å². The summed E-state index contributed by atoms with van der Waals surface area (Å²) in [4.78, 5) is 7.66. The predicted molar refractivity (Wildman–Crippen MR) is 122 cm³/mol. The first-order chi connectivity index (χ1) is 12.9. The molecule has 3 heterocycles. The summed E-state index contributed by atoms with van der Waals surface area (Å²) in [7, 11) is 0. The van der Waals surface area contributed by atoms with Gasteiger partial charge in [0.05, 0.1) is 0 Å². The monoisotopic (exact) mass is 381 g/mol. The van der Waals surface area contributed by atoms with E-state index in [0.29, 0.717) is 0 Å². The molecule has 0 saturated carbocycles. The van der Waals surface area contributed by atoms with Gasteiger partial charge < -0.3 is 14.7 Å². The van der Waals surface area contributed by atoms with Crippen LogP contribution in [-0.4, -0.2) is 73.6 Å². The maximum Gasteiger partial charge on any atom is 0.000440 e. The van der Waals surface area contributed by atoms with E-state index in [9.17, 15) is 0 Å². The predicted octanol–water partition coefficient (Wildman–Crippen LogP) is 5.21. The average molecular weight is 382 g/mol. The quantitative estimate of drug-likeness (QED) is 0.625. The van der Waals surface area contributed by atoms with E-state index >= 15 is 0 Å². The van der Waals surface area contributed by atoms with Crippen molar-refractivity contribution >= 4 is 0 Å². The first kappa shape index (κ1) is 24.9. The van der Waals surface area contributed by atoms with Crippen LogP contribution in [0.3, 0.4) is 0 Å². The lowest BCUT2D eigenvalue weighted by molar-refractivity contribution is 0.161. The second-order valence-electron chi connectivity index (χ2n) is 10.2. The van der Waals surface area contributed by atoms with Gasteiger partial charge in [0.25, 0.3) is 0 Å². The Morgan fingerprint density at radius 1 is 0.407 bits per heavy atom. The standard InChI is InChI=1S/C9H19N.C8H17N.C7H15N/c1-9(2)8-10-6-4-3-5-7-10;1-8(2)7-9-5-3-4-6-9;1-7(2)6-8-4-3-5-8/h9H,3-8H2,1-2H3;8H,3-7H2,1-2H3;7H,3-6H2,1-2H3. The molecule has 0 radical (unpaired) electrons. The second-order valence-corrected chi connectivity index (χ2v) is 10.2. The van der Waals surface area contributed by atoms with Crippen LogP contribution in [0.5, 0.6) is 0 Å². The molecular formula is C24H51N3. The summed E-state index contributed by atoms with van der Waals surface area (Å²) in [5.41, 5.74) is 0. The van der Waals surface area contributed by atoms with Gasteiger partial charge in [-0.3, -0.25) is 0 Å². The first-order valence-electron chi connectivity index (χ1n) is 12.0. The highest BCUT2D eigenvalue weighted by molar-refractivity contribution is 4.69. The summed E-state index contributed by atoms with van der Waals surface area (Å²) in [5.74, 6) is 2.55. The lowest BCUT2D eigenvalue weighted by atomic mass is 10.1. The summed E-state index contributed by atoms with van der Waals surface area (Å²) in [6.45, 7) is 25.7. The van der Waals surface area contributed by atoms with Gasteiger partial charge in [-0.25, -0.2) is 0 Å². The van der Waals surface area contributed by atoms with Crippen molar-refractivity contribution in [2.45, 2.75) is 80.1 Å². The van der Waals surface area contributed by atoms with Gasteiger partial charge in [0.2, 0.25) is 0 Å². The van der Waals surface area contributed by atoms with Crippen LogP contribution < -0.4 is 0 Å². The Morgan fingerprint density at radius 3 is 0.889 bits per heavy atom. The largest absolute Gasteiger partial charge is 0.303 e. The zero-order chi connectivity index (χ0) is 20.1. The Balaban J connectivity index is 0.000000204. The normalized spacial score (nSPS) is 21.7. The van der Waals surface area contributed by atoms with E-state index in [2.05, 4.69) is 56.2 Å². The summed E-state index contributed by atoms with van der Waals surface area (Å²) in [5, 5.41) is 0. The van der Waals surface area contributed by atoms with Crippen LogP contribution in [-0.2, 0) is 0 Å². The number of piperidine rings is 1. The number of hydrogen-bond donors (Lipinski definition) is 0. The molecule has 3 aliphatic heterocycles. The number of likely N-dealkylation sites (tertiary alicyclic amines) is 3. The number of hydrogen-bond acceptors (Lipinski definition) is 3. The molecule has 0 atom stereocenters. The van der Waals surface area contributed by atoms with Gasteiger partial charge in [-0.05, 0) is 89.1 Å². The van der Waals surface area contributed by atoms with Crippen LogP contribution >= 0.6 is 0 Å². The molecule has 3 aliphatic rings. The Kier molecular flexibility index (Phi) is 13.7. The Morgan fingerprint density at radius 2 is 0.667 bits per heavy atom. The molecule has 3 heteroatoms. The minimum Gasteiger partial charge on any atom is -0.303 e. The molecule has 3 saturated heterocycles. The Hall–Kier alpha value is -0.120. The molecule has 0 bridgehead atoms. The summed E-state index contributed by atoms with van der Waals surface area (Å²) < 4.78 is 0. The summed E-state index contributed by atoms with van der Waals surface area (Å²) in [6, 6.07) is 0. The van der Waals surface area contributed by atoms with Crippen LogP contribution in [0.15, 0.2) is 0 Å². The molecule has 162 valence electrons. The SMILES string of the molecule is CC(C)CN1CCC1.CC(C)CN1CCCC1.CC(C)CN1CCCCC1. The highest BCUT2D eigenvalue weighted by Crippen LogP contribution is 2.10. The van der Waals surface area contributed by atoms with Gasteiger partial charge in [-0.15, -0.1) is 0 Å². The molecule has 3 nitrogen and oxygen atoms in total. The molecule has 0 aromatic rings. The van der Waals surface area contributed by atoms with Gasteiger partial charge in [0.15, 0.2) is 0 Å². The third-order valence-electron chi connectivity index (χ3n) is 5.47. The van der Waals surface area contributed by atoms with Crippen molar-refractivity contribution in [2.75, 3.05) is 58.9 Å². The van der Waals surface area contributed by atoms with Crippen molar-refractivity contribution in [2.24, 2.45) is 17.8 Å². The van der Waals surface area contributed by atoms with E-state index in [0.717, 1.165) is 17.8 Å². The van der Waals surface area contributed by atoms with Crippen molar-refractivity contribution in [3.05, 3.63) is 0 Å². The van der Waals surface area contributed by atoms with E-state index in [4.69, 9.17) is 0 Å². The fourth-order valence-electron chi connectivity index (χ4n) is 4.22. The topological polar surface area (TPSA) is 9.72 Å². The van der Waals surface area contributed by atoms with Crippen molar-refractivity contribution in [1.29, 1.82) is 0 Å². The van der Waals surface area contributed by atoms with Gasteiger partial charge >= 0.3 is 0 Å². The van der Waals surface area contributed by atoms with Crippen LogP contribution in [0.4, 0.5) is 0 Å². The first-order valence-corrected chi connectivity index (χ1v) is 12.0. The minimum absolute atomic E-state index is 0.845. The Labute approximate surface area is 171 Å². The smallest absolute Gasteiger partial charge is 0.000440 e. The molecule has 0 unspecified atom stereocenters. The third-order valence-corrected chi connectivity index (χ3v) is 5.47. The fourth-order valence-corrected chi connectivity index (χ4v) is 4.22. The molecule has 0 spiro atoms. The van der Waals surface area contributed by atoms with Gasteiger partial charge in [0.1, 0.15) is 0 Å². The fraction of sp³-hybridized carbons (Fsp3) is 1.00. The van der Waals surface area contributed by atoms with Crippen LogP contribution in [0.2, 0.25) is 0 Å². The lowest BCUT2D eigenvalue weighted by Gasteiger charge is -2.31. The van der Waals surface area contributed by atoms with Gasteiger partial charge in [0, 0.05) is 19.6 Å². The average Bonchev–Trinajstić information content (AvgIpc) is 3.05. The molecule has 0 aliphatic carbocycles. The van der Waals surface area contributed by atoms with E-state index in [1.165, 1.54) is 97.4 Å².